The Morgan fingerprint density at radius 1 is 1.15 bits per heavy atom. The number of benzene rings is 2. The molecule has 7 rings (SSSR count). The molecule has 2 unspecified atom stereocenters. The molecule has 5 aliphatic rings. The second-order valence-corrected chi connectivity index (χ2v) is 10.1. The number of para-hydroxylation sites is 1. The summed E-state index contributed by atoms with van der Waals surface area (Å²) in [5.41, 5.74) is 8.92. The third-order valence-electron chi connectivity index (χ3n) is 7.97. The van der Waals surface area contributed by atoms with Crippen molar-refractivity contribution >= 4 is 23.1 Å². The first-order valence-electron chi connectivity index (χ1n) is 12.0. The first kappa shape index (κ1) is 20.1. The Bertz CT molecular complexity index is 1230. The number of carbonyl (C=O) groups is 1. The molecule has 9 nitrogen and oxygen atoms in total. The molecule has 1 spiro atoms. The molecule has 2 N–H and O–H groups in total. The second kappa shape index (κ2) is 7.10. The van der Waals surface area contributed by atoms with Gasteiger partial charge in [0.2, 0.25) is 12.7 Å². The van der Waals surface area contributed by atoms with E-state index < -0.39 is 5.41 Å². The molecule has 0 aliphatic carbocycles. The summed E-state index contributed by atoms with van der Waals surface area (Å²) in [6, 6.07) is 12.7. The Kier molecular flexibility index (Phi) is 4.20. The van der Waals surface area contributed by atoms with Gasteiger partial charge in [-0.1, -0.05) is 18.2 Å². The molecule has 2 aromatic carbocycles. The van der Waals surface area contributed by atoms with E-state index in [9.17, 15) is 4.79 Å². The first-order chi connectivity index (χ1) is 16.6. The molecule has 1 amide bonds. The lowest BCUT2D eigenvalue weighted by molar-refractivity contribution is -0.121. The summed E-state index contributed by atoms with van der Waals surface area (Å²) >= 11 is 0. The van der Waals surface area contributed by atoms with E-state index in [1.54, 1.807) is 0 Å². The van der Waals surface area contributed by atoms with Crippen LogP contribution in [0.1, 0.15) is 37.8 Å². The van der Waals surface area contributed by atoms with E-state index in [2.05, 4.69) is 47.1 Å². The lowest BCUT2D eigenvalue weighted by Gasteiger charge is -2.39. The maximum absolute atomic E-state index is 14.5. The Balaban J connectivity index is 1.36. The van der Waals surface area contributed by atoms with E-state index in [1.807, 2.05) is 34.2 Å². The van der Waals surface area contributed by atoms with Crippen LogP contribution in [0.25, 0.3) is 0 Å². The van der Waals surface area contributed by atoms with E-state index in [-0.39, 0.29) is 12.7 Å². The molecule has 34 heavy (non-hydrogen) atoms. The quantitative estimate of drug-likeness (QED) is 0.728. The number of nitrogens with one attached hydrogen (secondary N) is 2. The highest BCUT2D eigenvalue weighted by molar-refractivity contribution is 6.17. The average molecular weight is 461 g/mol. The molecule has 0 saturated carbocycles. The van der Waals surface area contributed by atoms with Crippen LogP contribution in [0.2, 0.25) is 0 Å². The zero-order chi connectivity index (χ0) is 23.0. The summed E-state index contributed by atoms with van der Waals surface area (Å²) in [5.74, 6) is 2.71. The van der Waals surface area contributed by atoms with Gasteiger partial charge in [0.1, 0.15) is 11.3 Å². The van der Waals surface area contributed by atoms with Gasteiger partial charge in [0.05, 0.1) is 5.69 Å². The SMILES string of the molecule is CC(C)N1CCC(CN2C(=O)C3(CC4=NNNN4c4cc5c(cc43)OCO5)c3ccccc32)C1. The summed E-state index contributed by atoms with van der Waals surface area (Å²) in [4.78, 5) is 19.1. The number of nitrogens with zero attached hydrogens (tertiary/aromatic N) is 4. The Hall–Kier alpha value is -3.30. The standard InChI is InChI=1S/C25H28N6O3/c1-15(2)29-8-7-16(12-29)13-30-19-6-4-3-5-17(19)25(24(30)32)11-23-26-27-28-31(23)20-10-22-21(9-18(20)25)33-14-34-22/h3-6,9-10,15-16,27-28H,7-8,11-14H2,1-2H3. The molecule has 2 aromatic rings. The highest BCUT2D eigenvalue weighted by Crippen LogP contribution is 2.56. The number of ether oxygens (including phenoxy) is 2. The van der Waals surface area contributed by atoms with Crippen LogP contribution in [-0.2, 0) is 10.2 Å². The van der Waals surface area contributed by atoms with Crippen molar-refractivity contribution < 1.29 is 14.3 Å². The van der Waals surface area contributed by atoms with Crippen molar-refractivity contribution in [3.05, 3.63) is 47.5 Å². The maximum Gasteiger partial charge on any atom is 0.242 e. The van der Waals surface area contributed by atoms with E-state index in [0.29, 0.717) is 29.9 Å². The Morgan fingerprint density at radius 3 is 2.79 bits per heavy atom. The molecular formula is C25H28N6O3. The predicted molar refractivity (Wildman–Crippen MR) is 128 cm³/mol. The number of fused-ring (bicyclic) bond motifs is 7. The molecule has 1 fully saturated rings. The first-order valence-corrected chi connectivity index (χ1v) is 12.0. The number of carbonyl (C=O) groups excluding carboxylic acids is 1. The number of rotatable bonds is 3. The van der Waals surface area contributed by atoms with Gasteiger partial charge in [-0.05, 0) is 50.4 Å². The number of hydrazine groups is 2. The smallest absolute Gasteiger partial charge is 0.242 e. The van der Waals surface area contributed by atoms with Crippen molar-refractivity contribution in [2.45, 2.75) is 38.1 Å². The average Bonchev–Trinajstić information content (AvgIpc) is 3.62. The van der Waals surface area contributed by atoms with Crippen LogP contribution in [0.3, 0.4) is 0 Å². The van der Waals surface area contributed by atoms with Crippen LogP contribution in [0, 0.1) is 5.92 Å². The van der Waals surface area contributed by atoms with E-state index >= 15 is 0 Å². The van der Waals surface area contributed by atoms with Gasteiger partial charge in [0.15, 0.2) is 11.5 Å². The summed E-state index contributed by atoms with van der Waals surface area (Å²) in [7, 11) is 0. The van der Waals surface area contributed by atoms with Gasteiger partial charge >= 0.3 is 0 Å². The highest BCUT2D eigenvalue weighted by atomic mass is 16.7. The monoisotopic (exact) mass is 460 g/mol. The summed E-state index contributed by atoms with van der Waals surface area (Å²) < 4.78 is 11.4. The topological polar surface area (TPSA) is 81.7 Å². The van der Waals surface area contributed by atoms with Crippen LogP contribution < -0.4 is 30.5 Å². The van der Waals surface area contributed by atoms with Gasteiger partial charge in [-0.15, -0.1) is 10.6 Å². The minimum absolute atomic E-state index is 0.117. The number of amidine groups is 1. The summed E-state index contributed by atoms with van der Waals surface area (Å²) in [6.45, 7) is 7.52. The van der Waals surface area contributed by atoms with Crippen LogP contribution >= 0.6 is 0 Å². The number of anilines is 2. The van der Waals surface area contributed by atoms with Gasteiger partial charge in [-0.3, -0.25) is 4.79 Å². The molecule has 0 bridgehead atoms. The molecule has 5 heterocycles. The molecule has 176 valence electrons. The number of hydrazone groups is 1. The molecule has 0 radical (unpaired) electrons. The van der Waals surface area contributed by atoms with Gasteiger partial charge in [0.25, 0.3) is 0 Å². The zero-order valence-electron chi connectivity index (χ0n) is 19.4. The molecule has 2 atom stereocenters. The number of amides is 1. The largest absolute Gasteiger partial charge is 0.454 e. The molecule has 9 heteroatoms. The summed E-state index contributed by atoms with van der Waals surface area (Å²) in [6.07, 6.45) is 1.58. The van der Waals surface area contributed by atoms with Crippen molar-refractivity contribution in [2.24, 2.45) is 11.0 Å². The highest BCUT2D eigenvalue weighted by Gasteiger charge is 2.58. The van der Waals surface area contributed by atoms with Crippen molar-refractivity contribution in [3.8, 4) is 11.5 Å². The third-order valence-corrected chi connectivity index (χ3v) is 7.97. The molecule has 1 saturated heterocycles. The fourth-order valence-corrected chi connectivity index (χ4v) is 6.24. The zero-order valence-corrected chi connectivity index (χ0v) is 19.4. The molecule has 0 aromatic heterocycles. The minimum atomic E-state index is -0.855. The second-order valence-electron chi connectivity index (χ2n) is 10.1. The lowest BCUT2D eigenvalue weighted by Crippen LogP contribution is -2.53. The molecule has 5 aliphatic heterocycles. The fraction of sp³-hybridized carbons (Fsp3) is 0.440. The van der Waals surface area contributed by atoms with Crippen molar-refractivity contribution in [1.82, 2.24) is 16.0 Å². The van der Waals surface area contributed by atoms with Crippen molar-refractivity contribution in [2.75, 3.05) is 36.3 Å². The fourth-order valence-electron chi connectivity index (χ4n) is 6.24. The van der Waals surface area contributed by atoms with Gasteiger partial charge in [-0.25, -0.2) is 10.5 Å². The van der Waals surface area contributed by atoms with E-state index in [1.165, 1.54) is 0 Å². The van der Waals surface area contributed by atoms with Gasteiger partial charge < -0.3 is 19.3 Å². The minimum Gasteiger partial charge on any atom is -0.454 e. The number of hydrogen-bond donors (Lipinski definition) is 2. The van der Waals surface area contributed by atoms with Crippen molar-refractivity contribution in [1.29, 1.82) is 0 Å². The predicted octanol–water partition coefficient (Wildman–Crippen LogP) is 2.32. The van der Waals surface area contributed by atoms with Gasteiger partial charge in [-0.2, -0.15) is 0 Å². The van der Waals surface area contributed by atoms with E-state index in [0.717, 1.165) is 54.4 Å². The van der Waals surface area contributed by atoms with Gasteiger partial charge in [0, 0.05) is 42.9 Å². The lowest BCUT2D eigenvalue weighted by atomic mass is 9.69. The van der Waals surface area contributed by atoms with Crippen LogP contribution in [0.15, 0.2) is 41.5 Å². The Labute approximate surface area is 198 Å². The van der Waals surface area contributed by atoms with Crippen LogP contribution in [-0.4, -0.2) is 49.1 Å². The number of likely N-dealkylation sites (tertiary alicyclic amines) is 1. The van der Waals surface area contributed by atoms with Crippen LogP contribution in [0.4, 0.5) is 11.4 Å². The third kappa shape index (κ3) is 2.62. The van der Waals surface area contributed by atoms with E-state index in [4.69, 9.17) is 9.47 Å². The summed E-state index contributed by atoms with van der Waals surface area (Å²) in [5, 5.41) is 6.37. The maximum atomic E-state index is 14.5. The van der Waals surface area contributed by atoms with Crippen LogP contribution in [0.5, 0.6) is 11.5 Å². The van der Waals surface area contributed by atoms with Crippen molar-refractivity contribution in [3.63, 3.8) is 0 Å². The number of hydrogen-bond acceptors (Lipinski definition) is 8. The Morgan fingerprint density at radius 2 is 1.97 bits per heavy atom. The normalized spacial score (nSPS) is 26.7. The molecular weight excluding hydrogens is 432 g/mol.